The average molecular weight is 382 g/mol. The monoisotopic (exact) mass is 382 g/mol. The van der Waals surface area contributed by atoms with Crippen molar-refractivity contribution < 1.29 is 19.4 Å². The first kappa shape index (κ1) is 18.3. The van der Waals surface area contributed by atoms with E-state index in [1.807, 2.05) is 30.3 Å². The molecule has 4 rings (SSSR count). The van der Waals surface area contributed by atoms with Gasteiger partial charge in [-0.05, 0) is 18.4 Å². The molecule has 2 aliphatic rings. The van der Waals surface area contributed by atoms with Crippen molar-refractivity contribution >= 4 is 11.9 Å². The molecule has 1 aliphatic heterocycles. The van der Waals surface area contributed by atoms with Gasteiger partial charge in [0.15, 0.2) is 11.4 Å². The minimum atomic E-state index is -1.32. The van der Waals surface area contributed by atoms with Crippen LogP contribution in [-0.2, 0) is 6.61 Å². The summed E-state index contributed by atoms with van der Waals surface area (Å²) in [5.74, 6) is -1.80. The van der Waals surface area contributed by atoms with Crippen molar-refractivity contribution in [3.63, 3.8) is 0 Å². The maximum absolute atomic E-state index is 13.1. The van der Waals surface area contributed by atoms with Gasteiger partial charge in [0.25, 0.3) is 5.91 Å². The summed E-state index contributed by atoms with van der Waals surface area (Å²) in [6.07, 6.45) is 5.04. The zero-order chi connectivity index (χ0) is 19.8. The highest BCUT2D eigenvalue weighted by Gasteiger charge is 2.41. The SMILES string of the molecule is CN1C(=O)c2c(OCc3ccccc3)c(=O)c(C(=O)O)cn2[C@@H]2CCCC[C@H]21. The van der Waals surface area contributed by atoms with Gasteiger partial charge in [0.05, 0.1) is 12.1 Å². The van der Waals surface area contributed by atoms with Crippen LogP contribution in [0.15, 0.2) is 41.3 Å². The molecular weight excluding hydrogens is 360 g/mol. The fourth-order valence-electron chi connectivity index (χ4n) is 4.28. The van der Waals surface area contributed by atoms with Crippen molar-refractivity contribution in [1.82, 2.24) is 9.47 Å². The lowest BCUT2D eigenvalue weighted by atomic mass is 9.86. The van der Waals surface area contributed by atoms with Crippen molar-refractivity contribution in [2.75, 3.05) is 7.05 Å². The third-order valence-electron chi connectivity index (χ3n) is 5.72. The van der Waals surface area contributed by atoms with Gasteiger partial charge < -0.3 is 19.3 Å². The minimum absolute atomic E-state index is 0.000120. The Morgan fingerprint density at radius 2 is 1.82 bits per heavy atom. The van der Waals surface area contributed by atoms with E-state index in [2.05, 4.69) is 0 Å². The van der Waals surface area contributed by atoms with E-state index in [9.17, 15) is 19.5 Å². The zero-order valence-corrected chi connectivity index (χ0v) is 15.6. The van der Waals surface area contributed by atoms with Crippen LogP contribution in [0.1, 0.15) is 58.1 Å². The highest BCUT2D eigenvalue weighted by molar-refractivity contribution is 5.98. The Morgan fingerprint density at radius 3 is 2.50 bits per heavy atom. The Hall–Kier alpha value is -3.09. The predicted molar refractivity (Wildman–Crippen MR) is 102 cm³/mol. The molecule has 7 nitrogen and oxygen atoms in total. The Labute approximate surface area is 162 Å². The predicted octanol–water partition coefficient (Wildman–Crippen LogP) is 2.69. The molecule has 1 aromatic carbocycles. The summed E-state index contributed by atoms with van der Waals surface area (Å²) in [6, 6.07) is 9.20. The third-order valence-corrected chi connectivity index (χ3v) is 5.72. The van der Waals surface area contributed by atoms with Gasteiger partial charge in [0.1, 0.15) is 12.2 Å². The molecule has 0 radical (unpaired) electrons. The molecule has 1 amide bonds. The number of hydrogen-bond acceptors (Lipinski definition) is 4. The van der Waals surface area contributed by atoms with E-state index >= 15 is 0 Å². The zero-order valence-electron chi connectivity index (χ0n) is 15.6. The number of aromatic carboxylic acids is 1. The van der Waals surface area contributed by atoms with Crippen LogP contribution in [-0.4, -0.2) is 39.5 Å². The summed E-state index contributed by atoms with van der Waals surface area (Å²) in [4.78, 5) is 39.3. The number of carboxylic acid groups (broad SMARTS) is 1. The second-order valence-electron chi connectivity index (χ2n) is 7.37. The number of carboxylic acids is 1. The van der Waals surface area contributed by atoms with Crippen LogP contribution in [0.3, 0.4) is 0 Å². The summed E-state index contributed by atoms with van der Waals surface area (Å²) in [5.41, 5.74) is -0.149. The number of hydrogen-bond donors (Lipinski definition) is 1. The Morgan fingerprint density at radius 1 is 1.14 bits per heavy atom. The second kappa shape index (κ2) is 7.14. The topological polar surface area (TPSA) is 88.8 Å². The number of benzene rings is 1. The van der Waals surface area contributed by atoms with Crippen molar-refractivity contribution in [2.24, 2.45) is 0 Å². The number of carbonyl (C=O) groups excluding carboxylic acids is 1. The van der Waals surface area contributed by atoms with Crippen molar-refractivity contribution in [3.8, 4) is 5.75 Å². The highest BCUT2D eigenvalue weighted by atomic mass is 16.5. The molecule has 28 heavy (non-hydrogen) atoms. The van der Waals surface area contributed by atoms with E-state index in [1.54, 1.807) is 16.5 Å². The van der Waals surface area contributed by atoms with Crippen molar-refractivity contribution in [2.45, 2.75) is 44.4 Å². The molecule has 0 bridgehead atoms. The number of nitrogens with zero attached hydrogens (tertiary/aromatic N) is 2. The number of carbonyl (C=O) groups is 2. The standard InChI is InChI=1S/C21H22N2O5/c1-22-15-9-5-6-10-16(15)23-11-14(21(26)27)18(24)19(17(23)20(22)25)28-12-13-7-3-2-4-8-13/h2-4,7-8,11,15-16H,5-6,9-10,12H2,1H3,(H,26,27)/t15-,16-/m1/s1. The summed E-state index contributed by atoms with van der Waals surface area (Å²) >= 11 is 0. The lowest BCUT2D eigenvalue weighted by Crippen LogP contribution is -2.51. The van der Waals surface area contributed by atoms with Gasteiger partial charge in [0.2, 0.25) is 5.43 Å². The number of aromatic nitrogens is 1. The van der Waals surface area contributed by atoms with E-state index in [-0.39, 0.29) is 41.6 Å². The molecule has 2 aromatic rings. The fourth-order valence-corrected chi connectivity index (χ4v) is 4.28. The number of amides is 1. The highest BCUT2D eigenvalue weighted by Crippen LogP contribution is 2.38. The summed E-state index contributed by atoms with van der Waals surface area (Å²) in [5, 5.41) is 9.53. The molecule has 146 valence electrons. The lowest BCUT2D eigenvalue weighted by Gasteiger charge is -2.44. The fraction of sp³-hybridized carbons (Fsp3) is 0.381. The number of likely N-dealkylation sites (N-methyl/N-ethyl adjacent to an activating group) is 1. The van der Waals surface area contributed by atoms with Gasteiger partial charge in [-0.1, -0.05) is 43.2 Å². The first-order chi connectivity index (χ1) is 13.5. The Balaban J connectivity index is 1.85. The quantitative estimate of drug-likeness (QED) is 0.878. The number of ether oxygens (including phenoxy) is 1. The Kier molecular flexibility index (Phi) is 4.66. The smallest absolute Gasteiger partial charge is 0.341 e. The van der Waals surface area contributed by atoms with Crippen LogP contribution in [0.2, 0.25) is 0 Å². The molecular formula is C21H22N2O5. The van der Waals surface area contributed by atoms with Crippen LogP contribution >= 0.6 is 0 Å². The molecule has 1 fully saturated rings. The van der Waals surface area contributed by atoms with Crippen LogP contribution in [0.25, 0.3) is 0 Å². The summed E-state index contributed by atoms with van der Waals surface area (Å²) in [6.45, 7) is 0.0806. The van der Waals surface area contributed by atoms with Gasteiger partial charge >= 0.3 is 5.97 Å². The summed E-state index contributed by atoms with van der Waals surface area (Å²) < 4.78 is 7.44. The molecule has 2 heterocycles. The van der Waals surface area contributed by atoms with E-state index in [0.717, 1.165) is 31.2 Å². The normalized spacial score (nSPS) is 21.0. The molecule has 1 N–H and O–H groups in total. The van der Waals surface area contributed by atoms with Gasteiger partial charge in [-0.2, -0.15) is 0 Å². The Bertz CT molecular complexity index is 982. The molecule has 1 aromatic heterocycles. The first-order valence-corrected chi connectivity index (χ1v) is 9.45. The maximum atomic E-state index is 13.1. The number of fused-ring (bicyclic) bond motifs is 3. The van der Waals surface area contributed by atoms with E-state index in [4.69, 9.17) is 4.74 Å². The molecule has 1 saturated carbocycles. The molecule has 7 heteroatoms. The van der Waals surface area contributed by atoms with Gasteiger partial charge in [-0.15, -0.1) is 0 Å². The van der Waals surface area contributed by atoms with Crippen LogP contribution in [0, 0.1) is 0 Å². The number of pyridine rings is 1. The van der Waals surface area contributed by atoms with Crippen LogP contribution in [0.5, 0.6) is 5.75 Å². The van der Waals surface area contributed by atoms with E-state index < -0.39 is 11.4 Å². The van der Waals surface area contributed by atoms with Crippen molar-refractivity contribution in [1.29, 1.82) is 0 Å². The van der Waals surface area contributed by atoms with Gasteiger partial charge in [-0.25, -0.2) is 4.79 Å². The maximum Gasteiger partial charge on any atom is 0.341 e. The third kappa shape index (κ3) is 2.96. The molecule has 2 atom stereocenters. The second-order valence-corrected chi connectivity index (χ2v) is 7.37. The molecule has 0 saturated heterocycles. The minimum Gasteiger partial charge on any atom is -0.483 e. The summed E-state index contributed by atoms with van der Waals surface area (Å²) in [7, 11) is 1.74. The van der Waals surface area contributed by atoms with Crippen molar-refractivity contribution in [3.05, 3.63) is 63.6 Å². The number of rotatable bonds is 4. The van der Waals surface area contributed by atoms with Crippen LogP contribution < -0.4 is 10.2 Å². The van der Waals surface area contributed by atoms with Gasteiger partial charge in [-0.3, -0.25) is 9.59 Å². The molecule has 1 aliphatic carbocycles. The first-order valence-electron chi connectivity index (χ1n) is 9.45. The largest absolute Gasteiger partial charge is 0.483 e. The molecule has 0 spiro atoms. The van der Waals surface area contributed by atoms with Gasteiger partial charge in [0, 0.05) is 13.2 Å². The van der Waals surface area contributed by atoms with Crippen LogP contribution in [0.4, 0.5) is 0 Å². The lowest BCUT2D eigenvalue weighted by molar-refractivity contribution is 0.0499. The average Bonchev–Trinajstić information content (AvgIpc) is 2.71. The molecule has 0 unspecified atom stereocenters. The van der Waals surface area contributed by atoms with E-state index in [0.29, 0.717) is 0 Å². The van der Waals surface area contributed by atoms with E-state index in [1.165, 1.54) is 6.20 Å².